The van der Waals surface area contributed by atoms with Gasteiger partial charge in [-0.2, -0.15) is 0 Å². The molecule has 1 radical (unpaired) electrons. The van der Waals surface area contributed by atoms with E-state index in [1.807, 2.05) is 36.4 Å². The lowest BCUT2D eigenvalue weighted by Crippen LogP contribution is -2.32. The largest absolute Gasteiger partial charge is 0.496 e. The van der Waals surface area contributed by atoms with Crippen molar-refractivity contribution in [1.29, 1.82) is 0 Å². The summed E-state index contributed by atoms with van der Waals surface area (Å²) in [5.41, 5.74) is 7.86. The van der Waals surface area contributed by atoms with Crippen LogP contribution in [0.1, 0.15) is 43.6 Å². The fourth-order valence-corrected chi connectivity index (χ4v) is 4.66. The van der Waals surface area contributed by atoms with Gasteiger partial charge < -0.3 is 14.8 Å². The second-order valence-electron chi connectivity index (χ2n) is 8.27. The maximum atomic E-state index is 6.59. The Labute approximate surface area is 172 Å². The number of anilines is 1. The Balaban J connectivity index is 1.84. The van der Waals surface area contributed by atoms with Gasteiger partial charge in [0.2, 0.25) is 0 Å². The van der Waals surface area contributed by atoms with Crippen molar-refractivity contribution in [3.05, 3.63) is 83.4 Å². The molecule has 0 saturated heterocycles. The predicted octanol–water partition coefficient (Wildman–Crippen LogP) is 6.25. The van der Waals surface area contributed by atoms with Gasteiger partial charge in [-0.1, -0.05) is 42.5 Å². The Bertz CT molecular complexity index is 1130. The normalized spacial score (nSPS) is 18.3. The number of nitrogens with one attached hydrogen (secondary N) is 1. The number of methoxy groups -OCH3 is 1. The molecule has 1 N–H and O–H groups in total. The second-order valence-corrected chi connectivity index (χ2v) is 8.27. The lowest BCUT2D eigenvalue weighted by atomic mass is 9.80. The van der Waals surface area contributed by atoms with Crippen LogP contribution >= 0.6 is 0 Å². The third-order valence-electron chi connectivity index (χ3n) is 5.67. The Morgan fingerprint density at radius 2 is 1.90 bits per heavy atom. The third kappa shape index (κ3) is 2.80. The highest BCUT2D eigenvalue weighted by Gasteiger charge is 2.35. The number of hydrogen-bond acceptors (Lipinski definition) is 3. The van der Waals surface area contributed by atoms with Crippen LogP contribution in [-0.2, 0) is 0 Å². The van der Waals surface area contributed by atoms with Crippen LogP contribution in [0.25, 0.3) is 16.7 Å². The molecule has 3 heteroatoms. The summed E-state index contributed by atoms with van der Waals surface area (Å²) in [5, 5.41) is 3.67. The lowest BCUT2D eigenvalue weighted by molar-refractivity contribution is 0.241. The van der Waals surface area contributed by atoms with Gasteiger partial charge in [-0.05, 0) is 56.2 Å². The fraction of sp³-hybridized carbons (Fsp3) is 0.231. The molecule has 29 heavy (non-hydrogen) atoms. The van der Waals surface area contributed by atoms with Crippen molar-refractivity contribution in [2.24, 2.45) is 0 Å². The van der Waals surface area contributed by atoms with Gasteiger partial charge in [0.1, 0.15) is 11.5 Å². The van der Waals surface area contributed by atoms with Crippen molar-refractivity contribution in [1.82, 2.24) is 0 Å². The first-order valence-electron chi connectivity index (χ1n) is 9.94. The molecule has 0 saturated carbocycles. The first kappa shape index (κ1) is 17.9. The van der Waals surface area contributed by atoms with Crippen LogP contribution in [-0.4, -0.2) is 12.6 Å². The number of rotatable bonds is 2. The molecule has 0 bridgehead atoms. The molecule has 3 aromatic rings. The molecule has 2 heterocycles. The number of ether oxygens (including phenoxy) is 2. The number of fused-ring (bicyclic) bond motifs is 5. The fourth-order valence-electron chi connectivity index (χ4n) is 4.66. The van der Waals surface area contributed by atoms with Crippen molar-refractivity contribution in [3.8, 4) is 22.6 Å². The first-order chi connectivity index (χ1) is 14.0. The van der Waals surface area contributed by atoms with Gasteiger partial charge in [0, 0.05) is 22.4 Å². The van der Waals surface area contributed by atoms with E-state index in [1.165, 1.54) is 16.7 Å². The molecule has 2 aliphatic rings. The zero-order valence-electron chi connectivity index (χ0n) is 17.2. The molecule has 3 aromatic carbocycles. The Kier molecular flexibility index (Phi) is 3.95. The highest BCUT2D eigenvalue weighted by atomic mass is 16.5. The molecular formula is C26H24NO2. The molecule has 2 aliphatic heterocycles. The molecule has 0 aliphatic carbocycles. The standard InChI is InChI=1S/C26H24NO2/c1-16-15-26(2,3)27-19-14-13-18-23-20(28-4)11-8-12-21(23)29-25(24(18)22(16)19)17-9-6-5-7-10-17/h5-9,11-15,25,27H,1-4H3. The summed E-state index contributed by atoms with van der Waals surface area (Å²) in [6.45, 7) is 6.57. The van der Waals surface area contributed by atoms with Crippen molar-refractivity contribution in [3.63, 3.8) is 0 Å². The molecule has 5 rings (SSSR count). The monoisotopic (exact) mass is 382 g/mol. The second kappa shape index (κ2) is 6.41. The molecule has 1 unspecified atom stereocenters. The average molecular weight is 382 g/mol. The van der Waals surface area contributed by atoms with E-state index >= 15 is 0 Å². The molecule has 0 spiro atoms. The van der Waals surface area contributed by atoms with Crippen molar-refractivity contribution in [2.45, 2.75) is 32.4 Å². The Hall–Kier alpha value is -3.20. The first-order valence-corrected chi connectivity index (χ1v) is 9.94. The minimum absolute atomic E-state index is 0.0925. The Morgan fingerprint density at radius 1 is 1.03 bits per heavy atom. The zero-order valence-corrected chi connectivity index (χ0v) is 17.2. The van der Waals surface area contributed by atoms with E-state index in [0.717, 1.165) is 33.9 Å². The van der Waals surface area contributed by atoms with Crippen LogP contribution in [0.2, 0.25) is 0 Å². The SMILES string of the molecule is COc1cccc2c1-c1ccc3c(c1C(c1[c]cccc1)O2)C(C)=CC(C)(C)N3. The highest BCUT2D eigenvalue weighted by molar-refractivity contribution is 5.91. The van der Waals surface area contributed by atoms with E-state index in [0.29, 0.717) is 0 Å². The van der Waals surface area contributed by atoms with Crippen molar-refractivity contribution < 1.29 is 9.47 Å². The number of allylic oxidation sites excluding steroid dienone is 1. The van der Waals surface area contributed by atoms with Crippen LogP contribution in [0.4, 0.5) is 5.69 Å². The van der Waals surface area contributed by atoms with Gasteiger partial charge >= 0.3 is 0 Å². The van der Waals surface area contributed by atoms with Crippen LogP contribution < -0.4 is 14.8 Å². The van der Waals surface area contributed by atoms with Gasteiger partial charge in [-0.25, -0.2) is 0 Å². The van der Waals surface area contributed by atoms with E-state index < -0.39 is 0 Å². The Morgan fingerprint density at radius 3 is 2.66 bits per heavy atom. The van der Waals surface area contributed by atoms with Crippen LogP contribution in [0.15, 0.2) is 60.7 Å². The molecule has 0 amide bonds. The summed E-state index contributed by atoms with van der Waals surface area (Å²) in [6, 6.07) is 21.8. The lowest BCUT2D eigenvalue weighted by Gasteiger charge is -2.37. The minimum Gasteiger partial charge on any atom is -0.496 e. The summed E-state index contributed by atoms with van der Waals surface area (Å²) in [6.07, 6.45) is 2.06. The van der Waals surface area contributed by atoms with Crippen molar-refractivity contribution in [2.75, 3.05) is 12.4 Å². The number of benzene rings is 3. The maximum absolute atomic E-state index is 6.59. The summed E-state index contributed by atoms with van der Waals surface area (Å²) in [4.78, 5) is 0. The average Bonchev–Trinajstić information content (AvgIpc) is 2.71. The summed E-state index contributed by atoms with van der Waals surface area (Å²) in [7, 11) is 1.71. The summed E-state index contributed by atoms with van der Waals surface area (Å²) in [5.74, 6) is 1.66. The van der Waals surface area contributed by atoms with Gasteiger partial charge in [-0.15, -0.1) is 0 Å². The van der Waals surface area contributed by atoms with Gasteiger partial charge in [-0.3, -0.25) is 0 Å². The third-order valence-corrected chi connectivity index (χ3v) is 5.67. The van der Waals surface area contributed by atoms with Crippen LogP contribution in [0.3, 0.4) is 0 Å². The molecule has 0 aromatic heterocycles. The quantitative estimate of drug-likeness (QED) is 0.568. The van der Waals surface area contributed by atoms with Gasteiger partial charge in [0.05, 0.1) is 18.2 Å². The maximum Gasteiger partial charge on any atom is 0.151 e. The van der Waals surface area contributed by atoms with Crippen LogP contribution in [0, 0.1) is 6.07 Å². The smallest absolute Gasteiger partial charge is 0.151 e. The highest BCUT2D eigenvalue weighted by Crippen LogP contribution is 2.53. The summed E-state index contributed by atoms with van der Waals surface area (Å²) >= 11 is 0. The van der Waals surface area contributed by atoms with E-state index in [1.54, 1.807) is 7.11 Å². The molecule has 0 fully saturated rings. The van der Waals surface area contributed by atoms with E-state index in [-0.39, 0.29) is 11.6 Å². The topological polar surface area (TPSA) is 30.5 Å². The molecule has 1 atom stereocenters. The van der Waals surface area contributed by atoms with Gasteiger partial charge in [0.15, 0.2) is 6.10 Å². The zero-order chi connectivity index (χ0) is 20.2. The van der Waals surface area contributed by atoms with Crippen LogP contribution in [0.5, 0.6) is 11.5 Å². The predicted molar refractivity (Wildman–Crippen MR) is 118 cm³/mol. The van der Waals surface area contributed by atoms with E-state index in [4.69, 9.17) is 9.47 Å². The summed E-state index contributed by atoms with van der Waals surface area (Å²) < 4.78 is 12.3. The minimum atomic E-state index is -0.230. The van der Waals surface area contributed by atoms with E-state index in [9.17, 15) is 0 Å². The molecule has 3 nitrogen and oxygen atoms in total. The molecular weight excluding hydrogens is 358 g/mol. The van der Waals surface area contributed by atoms with E-state index in [2.05, 4.69) is 56.4 Å². The van der Waals surface area contributed by atoms with Gasteiger partial charge in [0.25, 0.3) is 0 Å². The van der Waals surface area contributed by atoms with Crippen molar-refractivity contribution >= 4 is 11.3 Å². The number of hydrogen-bond donors (Lipinski definition) is 1. The molecule has 145 valence electrons.